The number of rotatable bonds is 1. The Morgan fingerprint density at radius 3 is 2.77 bits per heavy atom. The van der Waals surface area contributed by atoms with Gasteiger partial charge in [-0.05, 0) is 23.8 Å². The highest BCUT2D eigenvalue weighted by molar-refractivity contribution is 6.30. The van der Waals surface area contributed by atoms with Crippen molar-refractivity contribution in [3.05, 3.63) is 53.8 Å². The third kappa shape index (κ3) is 1.87. The lowest BCUT2D eigenvalue weighted by molar-refractivity contribution is 1.31. The number of nitrogens with zero attached hydrogens (tertiary/aromatic N) is 1. The Labute approximate surface area is 82.0 Å². The Hall–Kier alpha value is -1.34. The van der Waals surface area contributed by atoms with Gasteiger partial charge in [-0.25, -0.2) is 0 Å². The van der Waals surface area contributed by atoms with E-state index < -0.39 is 0 Å². The normalized spacial score (nSPS) is 9.92. The first-order valence-electron chi connectivity index (χ1n) is 3.94. The molecule has 2 rings (SSSR count). The summed E-state index contributed by atoms with van der Waals surface area (Å²) >= 11 is 5.87. The molecule has 0 bridgehead atoms. The highest BCUT2D eigenvalue weighted by Gasteiger charge is 1.96. The van der Waals surface area contributed by atoms with E-state index in [2.05, 4.69) is 11.2 Å². The second-order valence-corrected chi connectivity index (χ2v) is 3.12. The summed E-state index contributed by atoms with van der Waals surface area (Å²) in [6.45, 7) is 0. The number of hydrogen-bond acceptors (Lipinski definition) is 1. The van der Waals surface area contributed by atoms with Crippen molar-refractivity contribution in [1.29, 1.82) is 0 Å². The maximum absolute atomic E-state index is 5.87. The minimum Gasteiger partial charge on any atom is -0.254 e. The fourth-order valence-corrected chi connectivity index (χ4v) is 1.35. The largest absolute Gasteiger partial charge is 0.254 e. The van der Waals surface area contributed by atoms with Gasteiger partial charge in [0.25, 0.3) is 0 Å². The molecule has 1 aromatic carbocycles. The van der Waals surface area contributed by atoms with E-state index in [-0.39, 0.29) is 0 Å². The van der Waals surface area contributed by atoms with Crippen molar-refractivity contribution in [3.8, 4) is 11.1 Å². The van der Waals surface area contributed by atoms with Crippen LogP contribution in [0.15, 0.2) is 42.6 Å². The fourth-order valence-electron chi connectivity index (χ4n) is 1.16. The quantitative estimate of drug-likeness (QED) is 0.670. The molecule has 2 aromatic rings. The van der Waals surface area contributed by atoms with Gasteiger partial charge < -0.3 is 0 Å². The molecule has 1 heterocycles. The Kier molecular flexibility index (Phi) is 2.28. The monoisotopic (exact) mass is 188 g/mol. The van der Waals surface area contributed by atoms with Crippen LogP contribution in [-0.4, -0.2) is 4.98 Å². The molecule has 0 saturated carbocycles. The summed E-state index contributed by atoms with van der Waals surface area (Å²) in [5, 5.41) is 0.741. The molecule has 0 aliphatic rings. The van der Waals surface area contributed by atoms with E-state index in [1.54, 1.807) is 12.3 Å². The van der Waals surface area contributed by atoms with Gasteiger partial charge in [0.15, 0.2) is 0 Å². The van der Waals surface area contributed by atoms with Gasteiger partial charge in [-0.3, -0.25) is 4.98 Å². The van der Waals surface area contributed by atoms with E-state index in [0.717, 1.165) is 16.1 Å². The highest BCUT2D eigenvalue weighted by atomic mass is 35.5. The summed E-state index contributed by atoms with van der Waals surface area (Å²) in [5.74, 6) is 0. The highest BCUT2D eigenvalue weighted by Crippen LogP contribution is 2.20. The molecule has 0 spiro atoms. The average molecular weight is 189 g/mol. The summed E-state index contributed by atoms with van der Waals surface area (Å²) in [4.78, 5) is 3.92. The van der Waals surface area contributed by atoms with Crippen LogP contribution in [-0.2, 0) is 0 Å². The zero-order valence-electron chi connectivity index (χ0n) is 6.87. The van der Waals surface area contributed by atoms with Crippen LogP contribution in [0.2, 0.25) is 5.02 Å². The number of halogens is 1. The first-order valence-corrected chi connectivity index (χ1v) is 4.32. The second kappa shape index (κ2) is 3.58. The molecular formula is C11H7ClN. The Morgan fingerprint density at radius 1 is 1.15 bits per heavy atom. The van der Waals surface area contributed by atoms with Crippen LogP contribution in [0.25, 0.3) is 11.1 Å². The molecule has 0 fully saturated rings. The Bertz CT molecular complexity index is 398. The molecule has 0 aliphatic carbocycles. The number of pyridine rings is 1. The summed E-state index contributed by atoms with van der Waals surface area (Å²) < 4.78 is 0. The third-order valence-electron chi connectivity index (χ3n) is 1.77. The van der Waals surface area contributed by atoms with Gasteiger partial charge in [0.05, 0.1) is 6.20 Å². The molecule has 0 amide bonds. The zero-order chi connectivity index (χ0) is 9.10. The van der Waals surface area contributed by atoms with Crippen molar-refractivity contribution >= 4 is 11.6 Å². The van der Waals surface area contributed by atoms with Crippen molar-refractivity contribution in [2.75, 3.05) is 0 Å². The lowest BCUT2D eigenvalue weighted by Gasteiger charge is -1.99. The van der Waals surface area contributed by atoms with Gasteiger partial charge in [0, 0.05) is 16.8 Å². The summed E-state index contributed by atoms with van der Waals surface area (Å²) in [6.07, 6.45) is 4.50. The van der Waals surface area contributed by atoms with Gasteiger partial charge in [-0.2, -0.15) is 0 Å². The number of benzene rings is 1. The van der Waals surface area contributed by atoms with Crippen LogP contribution in [0.5, 0.6) is 0 Å². The molecule has 1 aromatic heterocycles. The van der Waals surface area contributed by atoms with E-state index in [9.17, 15) is 0 Å². The van der Waals surface area contributed by atoms with Crippen LogP contribution >= 0.6 is 11.6 Å². The van der Waals surface area contributed by atoms with E-state index in [1.165, 1.54) is 0 Å². The van der Waals surface area contributed by atoms with Crippen molar-refractivity contribution < 1.29 is 0 Å². The Morgan fingerprint density at radius 2 is 2.08 bits per heavy atom. The zero-order valence-corrected chi connectivity index (χ0v) is 7.62. The van der Waals surface area contributed by atoms with Crippen molar-refractivity contribution in [3.63, 3.8) is 0 Å². The molecule has 0 N–H and O–H groups in total. The molecule has 0 atom stereocenters. The van der Waals surface area contributed by atoms with Crippen LogP contribution < -0.4 is 0 Å². The topological polar surface area (TPSA) is 12.9 Å². The van der Waals surface area contributed by atoms with Crippen molar-refractivity contribution in [1.82, 2.24) is 4.98 Å². The van der Waals surface area contributed by atoms with Gasteiger partial charge >= 0.3 is 0 Å². The SMILES string of the molecule is Clc1cccc(-c2cc[c]nc2)c1. The lowest BCUT2D eigenvalue weighted by Crippen LogP contribution is -1.78. The lowest BCUT2D eigenvalue weighted by atomic mass is 10.1. The predicted molar refractivity (Wildman–Crippen MR) is 53.5 cm³/mol. The van der Waals surface area contributed by atoms with E-state index in [4.69, 9.17) is 11.6 Å². The molecule has 0 aliphatic heterocycles. The van der Waals surface area contributed by atoms with Crippen LogP contribution in [0.1, 0.15) is 0 Å². The van der Waals surface area contributed by atoms with Crippen LogP contribution in [0, 0.1) is 6.20 Å². The second-order valence-electron chi connectivity index (χ2n) is 2.69. The Balaban J connectivity index is 2.48. The first-order chi connectivity index (χ1) is 6.36. The molecule has 2 heteroatoms. The van der Waals surface area contributed by atoms with E-state index >= 15 is 0 Å². The molecule has 0 saturated heterocycles. The smallest absolute Gasteiger partial charge is 0.0886 e. The van der Waals surface area contributed by atoms with E-state index in [0.29, 0.717) is 0 Å². The maximum atomic E-state index is 5.87. The summed E-state index contributed by atoms with van der Waals surface area (Å²) in [5.41, 5.74) is 2.13. The minimum atomic E-state index is 0.741. The van der Waals surface area contributed by atoms with Gasteiger partial charge in [-0.15, -0.1) is 0 Å². The number of aromatic nitrogens is 1. The standard InChI is InChI=1S/C11H7ClN/c12-11-5-1-3-9(7-11)10-4-2-6-13-8-10/h1-5,7-8H. The summed E-state index contributed by atoms with van der Waals surface area (Å²) in [6, 6.07) is 11.4. The minimum absolute atomic E-state index is 0.741. The maximum Gasteiger partial charge on any atom is 0.0886 e. The fraction of sp³-hybridized carbons (Fsp3) is 0. The summed E-state index contributed by atoms with van der Waals surface area (Å²) in [7, 11) is 0. The molecule has 13 heavy (non-hydrogen) atoms. The third-order valence-corrected chi connectivity index (χ3v) is 2.01. The predicted octanol–water partition coefficient (Wildman–Crippen LogP) is 3.20. The molecular weight excluding hydrogens is 182 g/mol. The van der Waals surface area contributed by atoms with Gasteiger partial charge in [-0.1, -0.05) is 29.8 Å². The van der Waals surface area contributed by atoms with Gasteiger partial charge in [0.1, 0.15) is 0 Å². The van der Waals surface area contributed by atoms with Crippen LogP contribution in [0.3, 0.4) is 0 Å². The first kappa shape index (κ1) is 8.27. The van der Waals surface area contributed by atoms with Gasteiger partial charge in [0.2, 0.25) is 0 Å². The molecule has 1 nitrogen and oxygen atoms in total. The van der Waals surface area contributed by atoms with Crippen molar-refractivity contribution in [2.24, 2.45) is 0 Å². The average Bonchev–Trinajstić information content (AvgIpc) is 2.19. The van der Waals surface area contributed by atoms with Crippen molar-refractivity contribution in [2.45, 2.75) is 0 Å². The molecule has 0 unspecified atom stereocenters. The number of hydrogen-bond donors (Lipinski definition) is 0. The molecule has 1 radical (unpaired) electrons. The molecule has 63 valence electrons. The van der Waals surface area contributed by atoms with E-state index in [1.807, 2.05) is 30.3 Å². The van der Waals surface area contributed by atoms with Crippen LogP contribution in [0.4, 0.5) is 0 Å².